The van der Waals surface area contributed by atoms with E-state index in [1.807, 2.05) is 47.4 Å². The lowest BCUT2D eigenvalue weighted by molar-refractivity contribution is -0.117. The number of benzene rings is 3. The van der Waals surface area contributed by atoms with Crippen LogP contribution >= 0.6 is 0 Å². The van der Waals surface area contributed by atoms with Crippen molar-refractivity contribution in [2.24, 2.45) is 0 Å². The number of imidazole rings is 1. The Morgan fingerprint density at radius 1 is 0.970 bits per heavy atom. The Morgan fingerprint density at radius 2 is 1.82 bits per heavy atom. The van der Waals surface area contributed by atoms with Crippen LogP contribution in [-0.4, -0.2) is 28.6 Å². The van der Waals surface area contributed by atoms with Crippen molar-refractivity contribution in [2.45, 2.75) is 39.7 Å². The molecule has 33 heavy (non-hydrogen) atoms. The SMILES string of the molecule is Cc1cccc(OCCn2c([C@H]3CC(=O)N(c4ccc(C)c(C)c4)C3)nc3ccccc32)c1. The summed E-state index contributed by atoms with van der Waals surface area (Å²) in [7, 11) is 0. The molecule has 4 aromatic rings. The molecule has 168 valence electrons. The molecule has 1 saturated heterocycles. The molecule has 0 bridgehead atoms. The molecule has 0 aliphatic carbocycles. The third-order valence-electron chi connectivity index (χ3n) is 6.55. The molecule has 1 amide bonds. The van der Waals surface area contributed by atoms with Crippen LogP contribution in [0.4, 0.5) is 5.69 Å². The number of hydrogen-bond acceptors (Lipinski definition) is 3. The van der Waals surface area contributed by atoms with Gasteiger partial charge < -0.3 is 14.2 Å². The molecule has 1 aliphatic rings. The second-order valence-corrected chi connectivity index (χ2v) is 8.95. The Labute approximate surface area is 194 Å². The number of fused-ring (bicyclic) bond motifs is 1. The number of anilines is 1. The van der Waals surface area contributed by atoms with Crippen molar-refractivity contribution in [3.8, 4) is 5.75 Å². The van der Waals surface area contributed by atoms with Crippen molar-refractivity contribution < 1.29 is 9.53 Å². The molecule has 1 aliphatic heterocycles. The molecular formula is C28H29N3O2. The Bertz CT molecular complexity index is 1320. The van der Waals surface area contributed by atoms with Crippen LogP contribution in [0.25, 0.3) is 11.0 Å². The number of carbonyl (C=O) groups is 1. The van der Waals surface area contributed by atoms with Crippen molar-refractivity contribution in [3.63, 3.8) is 0 Å². The molecule has 0 N–H and O–H groups in total. The lowest BCUT2D eigenvalue weighted by Crippen LogP contribution is -2.24. The van der Waals surface area contributed by atoms with E-state index in [0.29, 0.717) is 26.1 Å². The van der Waals surface area contributed by atoms with Gasteiger partial charge in [-0.3, -0.25) is 4.79 Å². The van der Waals surface area contributed by atoms with Crippen LogP contribution in [0.5, 0.6) is 5.75 Å². The fourth-order valence-electron chi connectivity index (χ4n) is 4.62. The highest BCUT2D eigenvalue weighted by Crippen LogP contribution is 2.34. The van der Waals surface area contributed by atoms with Crippen LogP contribution in [-0.2, 0) is 11.3 Å². The van der Waals surface area contributed by atoms with Gasteiger partial charge in [0.05, 0.1) is 17.6 Å². The first-order valence-electron chi connectivity index (χ1n) is 11.5. The van der Waals surface area contributed by atoms with Gasteiger partial charge in [0.2, 0.25) is 5.91 Å². The molecule has 2 heterocycles. The van der Waals surface area contributed by atoms with E-state index >= 15 is 0 Å². The average molecular weight is 440 g/mol. The smallest absolute Gasteiger partial charge is 0.227 e. The summed E-state index contributed by atoms with van der Waals surface area (Å²) >= 11 is 0. The van der Waals surface area contributed by atoms with Crippen LogP contribution in [0.1, 0.15) is 34.9 Å². The summed E-state index contributed by atoms with van der Waals surface area (Å²) in [6.45, 7) is 8.10. The van der Waals surface area contributed by atoms with Crippen LogP contribution in [0.2, 0.25) is 0 Å². The van der Waals surface area contributed by atoms with Gasteiger partial charge in [0.25, 0.3) is 0 Å². The Balaban J connectivity index is 1.40. The van der Waals surface area contributed by atoms with Gasteiger partial charge in [0.1, 0.15) is 18.2 Å². The zero-order chi connectivity index (χ0) is 22.9. The molecule has 1 fully saturated rings. The number of aryl methyl sites for hydroxylation is 3. The minimum atomic E-state index is 0.0467. The van der Waals surface area contributed by atoms with E-state index in [1.54, 1.807) is 0 Å². The molecule has 1 aromatic heterocycles. The van der Waals surface area contributed by atoms with Crippen LogP contribution in [0.15, 0.2) is 66.7 Å². The fourth-order valence-corrected chi connectivity index (χ4v) is 4.62. The first-order valence-corrected chi connectivity index (χ1v) is 11.5. The first kappa shape index (κ1) is 21.3. The molecule has 5 rings (SSSR count). The number of ether oxygens (including phenoxy) is 1. The number of nitrogens with zero attached hydrogens (tertiary/aromatic N) is 3. The summed E-state index contributed by atoms with van der Waals surface area (Å²) in [5.41, 5.74) is 6.62. The predicted molar refractivity (Wildman–Crippen MR) is 132 cm³/mol. The first-order chi connectivity index (χ1) is 16.0. The molecule has 3 aromatic carbocycles. The van der Waals surface area contributed by atoms with Crippen molar-refractivity contribution in [3.05, 3.63) is 89.2 Å². The lowest BCUT2D eigenvalue weighted by Gasteiger charge is -2.18. The summed E-state index contributed by atoms with van der Waals surface area (Å²) in [4.78, 5) is 19.8. The normalized spacial score (nSPS) is 16.0. The summed E-state index contributed by atoms with van der Waals surface area (Å²) in [6.07, 6.45) is 0.467. The number of rotatable bonds is 6. The van der Waals surface area contributed by atoms with Crippen molar-refractivity contribution >= 4 is 22.6 Å². The maximum absolute atomic E-state index is 13.0. The molecule has 0 spiro atoms. The number of amides is 1. The number of para-hydroxylation sites is 2. The van der Waals surface area contributed by atoms with E-state index in [0.717, 1.165) is 28.3 Å². The van der Waals surface area contributed by atoms with Gasteiger partial charge in [-0.1, -0.05) is 30.3 Å². The van der Waals surface area contributed by atoms with E-state index in [1.165, 1.54) is 16.7 Å². The third kappa shape index (κ3) is 4.23. The van der Waals surface area contributed by atoms with E-state index in [2.05, 4.69) is 49.6 Å². The number of aromatic nitrogens is 2. The van der Waals surface area contributed by atoms with Crippen molar-refractivity contribution in [2.75, 3.05) is 18.1 Å². The highest BCUT2D eigenvalue weighted by molar-refractivity contribution is 5.96. The Hall–Kier alpha value is -3.60. The quantitative estimate of drug-likeness (QED) is 0.395. The summed E-state index contributed by atoms with van der Waals surface area (Å²) in [6, 6.07) is 22.5. The van der Waals surface area contributed by atoms with E-state index in [4.69, 9.17) is 9.72 Å². The minimum Gasteiger partial charge on any atom is -0.492 e. The highest BCUT2D eigenvalue weighted by atomic mass is 16.5. The van der Waals surface area contributed by atoms with Gasteiger partial charge in [-0.15, -0.1) is 0 Å². The molecule has 0 radical (unpaired) electrons. The third-order valence-corrected chi connectivity index (χ3v) is 6.55. The molecule has 1 atom stereocenters. The van der Waals surface area contributed by atoms with Gasteiger partial charge in [-0.2, -0.15) is 0 Å². The topological polar surface area (TPSA) is 47.4 Å². The average Bonchev–Trinajstić information content (AvgIpc) is 3.36. The molecular weight excluding hydrogens is 410 g/mol. The Kier molecular flexibility index (Phi) is 5.63. The van der Waals surface area contributed by atoms with E-state index < -0.39 is 0 Å². The summed E-state index contributed by atoms with van der Waals surface area (Å²) in [5, 5.41) is 0. The van der Waals surface area contributed by atoms with E-state index in [9.17, 15) is 4.79 Å². The molecule has 0 unspecified atom stereocenters. The standard InChI is InChI=1S/C28H29N3O2/c1-19-7-6-8-24(15-19)33-14-13-30-26-10-5-4-9-25(26)29-28(30)22-17-27(32)31(18-22)23-12-11-20(2)21(3)16-23/h4-12,15-16,22H,13-14,17-18H2,1-3H3/t22-/m0/s1. The minimum absolute atomic E-state index is 0.0467. The second-order valence-electron chi connectivity index (χ2n) is 8.95. The van der Waals surface area contributed by atoms with Crippen molar-refractivity contribution in [1.82, 2.24) is 9.55 Å². The number of carbonyl (C=O) groups excluding carboxylic acids is 1. The lowest BCUT2D eigenvalue weighted by atomic mass is 10.1. The maximum atomic E-state index is 13.0. The van der Waals surface area contributed by atoms with Crippen LogP contribution in [0.3, 0.4) is 0 Å². The van der Waals surface area contributed by atoms with Gasteiger partial charge >= 0.3 is 0 Å². The monoisotopic (exact) mass is 439 g/mol. The van der Waals surface area contributed by atoms with Gasteiger partial charge in [0, 0.05) is 24.6 Å². The highest BCUT2D eigenvalue weighted by Gasteiger charge is 2.35. The van der Waals surface area contributed by atoms with Crippen LogP contribution in [0, 0.1) is 20.8 Å². The summed E-state index contributed by atoms with van der Waals surface area (Å²) < 4.78 is 8.27. The van der Waals surface area contributed by atoms with Gasteiger partial charge in [-0.25, -0.2) is 4.98 Å². The Morgan fingerprint density at radius 3 is 2.64 bits per heavy atom. The van der Waals surface area contributed by atoms with Crippen LogP contribution < -0.4 is 9.64 Å². The van der Waals surface area contributed by atoms with Crippen molar-refractivity contribution in [1.29, 1.82) is 0 Å². The zero-order valence-corrected chi connectivity index (χ0v) is 19.4. The van der Waals surface area contributed by atoms with Gasteiger partial charge in [-0.05, 0) is 73.9 Å². The molecule has 5 heteroatoms. The predicted octanol–water partition coefficient (Wildman–Crippen LogP) is 5.56. The zero-order valence-electron chi connectivity index (χ0n) is 19.4. The molecule has 0 saturated carbocycles. The summed E-state index contributed by atoms with van der Waals surface area (Å²) in [5.74, 6) is 2.03. The largest absolute Gasteiger partial charge is 0.492 e. The molecule has 5 nitrogen and oxygen atoms in total. The fraction of sp³-hybridized carbons (Fsp3) is 0.286. The van der Waals surface area contributed by atoms with Gasteiger partial charge in [0.15, 0.2) is 0 Å². The second kappa shape index (κ2) is 8.74. The number of hydrogen-bond donors (Lipinski definition) is 0. The maximum Gasteiger partial charge on any atom is 0.227 e. The van der Waals surface area contributed by atoms with E-state index in [-0.39, 0.29) is 11.8 Å².